The molecule has 1 saturated heterocycles. The van der Waals surface area contributed by atoms with Gasteiger partial charge in [-0.05, 0) is 118 Å². The molecule has 17 rings (SSSR count). The number of fused-ring (bicyclic) bond motifs is 19. The second kappa shape index (κ2) is 19.7. The van der Waals surface area contributed by atoms with Crippen LogP contribution < -0.4 is 5.46 Å². The fourth-order valence-electron chi connectivity index (χ4n) is 12.9. The topological polar surface area (TPSA) is 95.8 Å². The molecule has 0 radical (unpaired) electrons. The fraction of sp³-hybridized carbons (Fsp3) is 0.0789. The highest BCUT2D eigenvalue weighted by atomic mass is 16.7. The van der Waals surface area contributed by atoms with Crippen molar-refractivity contribution < 1.29 is 9.31 Å². The first kappa shape index (κ1) is 50.4. The maximum absolute atomic E-state index is 6.38. The molecular weight excluding hydrogens is 1040 g/mol. The Kier molecular flexibility index (Phi) is 11.7. The standard InChI is InChI=1S/C43H25N5.C33H28BNO2/c1-3-15-32-30(13-1)31-14-2-4-16-33(31)39-38(32)35-17-5-6-19-37(35)48-40(39)26-10-7-11-28(22-26)43-46-24-29(25-47-43)36-23-27-12-8-20-44-41(27)42-34(36)18-9-21-45-42;1-32(2)33(3,4)37-34(36-32)22-13-11-12-21(20-22)31-30-26-17-8-6-15-24(26)23-14-5-7-16-25(23)29(30)27-18-9-10-19-28(27)35-31/h1-25H;5-20H,1-4H3. The molecule has 0 atom stereocenters. The monoisotopic (exact) mass is 1090 g/mol. The van der Waals surface area contributed by atoms with E-state index in [0.717, 1.165) is 88.3 Å². The number of nitrogens with zero attached hydrogens (tertiary/aromatic N) is 6. The quantitative estimate of drug-likeness (QED) is 0.124. The Morgan fingerprint density at radius 1 is 0.329 bits per heavy atom. The van der Waals surface area contributed by atoms with Crippen molar-refractivity contribution in [2.24, 2.45) is 0 Å². The van der Waals surface area contributed by atoms with Crippen molar-refractivity contribution in [1.82, 2.24) is 29.9 Å². The van der Waals surface area contributed by atoms with Gasteiger partial charge in [-0.25, -0.2) is 19.9 Å². The second-order valence-corrected chi connectivity index (χ2v) is 23.1. The molecule has 0 saturated carbocycles. The average molecular weight is 1090 g/mol. The van der Waals surface area contributed by atoms with Crippen molar-refractivity contribution in [2.75, 3.05) is 0 Å². The van der Waals surface area contributed by atoms with Gasteiger partial charge in [0.2, 0.25) is 0 Å². The highest BCUT2D eigenvalue weighted by molar-refractivity contribution is 6.62. The van der Waals surface area contributed by atoms with Crippen LogP contribution in [0.15, 0.2) is 249 Å². The first-order valence-electron chi connectivity index (χ1n) is 28.9. The highest BCUT2D eigenvalue weighted by Gasteiger charge is 2.51. The zero-order valence-electron chi connectivity index (χ0n) is 47.2. The number of benzene rings is 11. The molecule has 9 heteroatoms. The van der Waals surface area contributed by atoms with Crippen LogP contribution in [0.1, 0.15) is 27.7 Å². The van der Waals surface area contributed by atoms with Crippen molar-refractivity contribution in [3.8, 4) is 45.0 Å². The minimum absolute atomic E-state index is 0.392. The molecule has 1 aliphatic heterocycles. The van der Waals surface area contributed by atoms with E-state index in [4.69, 9.17) is 29.2 Å². The Bertz CT molecular complexity index is 5400. The Labute approximate surface area is 490 Å². The Hall–Kier alpha value is -10.3. The van der Waals surface area contributed by atoms with Crippen molar-refractivity contribution in [3.63, 3.8) is 0 Å². The number of para-hydroxylation sites is 2. The first-order valence-corrected chi connectivity index (χ1v) is 28.9. The summed E-state index contributed by atoms with van der Waals surface area (Å²) in [7, 11) is -0.422. The van der Waals surface area contributed by atoms with Gasteiger partial charge in [0, 0.05) is 90.1 Å². The van der Waals surface area contributed by atoms with Crippen molar-refractivity contribution in [3.05, 3.63) is 249 Å². The van der Waals surface area contributed by atoms with Crippen LogP contribution in [0, 0.1) is 0 Å². The van der Waals surface area contributed by atoms with E-state index in [1.165, 1.54) is 64.6 Å². The van der Waals surface area contributed by atoms with E-state index in [1.807, 2.05) is 36.9 Å². The molecule has 0 bridgehead atoms. The third-order valence-electron chi connectivity index (χ3n) is 17.7. The highest BCUT2D eigenvalue weighted by Crippen LogP contribution is 2.46. The van der Waals surface area contributed by atoms with Gasteiger partial charge in [0.25, 0.3) is 0 Å². The lowest BCUT2D eigenvalue weighted by Gasteiger charge is -2.32. The van der Waals surface area contributed by atoms with Crippen LogP contribution in [0.4, 0.5) is 0 Å². The maximum atomic E-state index is 6.38. The van der Waals surface area contributed by atoms with Gasteiger partial charge in [0.05, 0.1) is 44.7 Å². The second-order valence-electron chi connectivity index (χ2n) is 23.1. The summed E-state index contributed by atoms with van der Waals surface area (Å²) in [5, 5.41) is 19.0. The maximum Gasteiger partial charge on any atom is 0.494 e. The molecule has 8 nitrogen and oxygen atoms in total. The van der Waals surface area contributed by atoms with E-state index < -0.39 is 18.3 Å². The van der Waals surface area contributed by atoms with Gasteiger partial charge in [0.15, 0.2) is 5.82 Å². The van der Waals surface area contributed by atoms with Crippen LogP contribution in [0.25, 0.3) is 153 Å². The van der Waals surface area contributed by atoms with Crippen molar-refractivity contribution in [2.45, 2.75) is 38.9 Å². The molecule has 0 N–H and O–H groups in total. The summed E-state index contributed by atoms with van der Waals surface area (Å²) in [6.45, 7) is 8.36. The molecule has 85 heavy (non-hydrogen) atoms. The van der Waals surface area contributed by atoms with E-state index >= 15 is 0 Å². The Morgan fingerprint density at radius 2 is 0.753 bits per heavy atom. The van der Waals surface area contributed by atoms with Gasteiger partial charge in [-0.2, -0.15) is 0 Å². The summed E-state index contributed by atoms with van der Waals surface area (Å²) in [5.41, 5.74) is 10.9. The van der Waals surface area contributed by atoms with Gasteiger partial charge in [-0.1, -0.05) is 188 Å². The van der Waals surface area contributed by atoms with Crippen LogP contribution >= 0.6 is 0 Å². The molecule has 16 aromatic rings. The van der Waals surface area contributed by atoms with E-state index in [9.17, 15) is 0 Å². The van der Waals surface area contributed by atoms with Crippen LogP contribution in [-0.2, 0) is 9.31 Å². The lowest BCUT2D eigenvalue weighted by atomic mass is 9.78. The Morgan fingerprint density at radius 3 is 1.29 bits per heavy atom. The average Bonchev–Trinajstić information content (AvgIpc) is 1.64. The van der Waals surface area contributed by atoms with E-state index in [2.05, 4.69) is 250 Å². The molecule has 1 aliphatic rings. The van der Waals surface area contributed by atoms with Crippen molar-refractivity contribution >= 4 is 121 Å². The largest absolute Gasteiger partial charge is 0.494 e. The van der Waals surface area contributed by atoms with Crippen LogP contribution in [0.3, 0.4) is 0 Å². The molecule has 0 aliphatic carbocycles. The zero-order valence-corrected chi connectivity index (χ0v) is 47.2. The predicted molar refractivity (Wildman–Crippen MR) is 352 cm³/mol. The van der Waals surface area contributed by atoms with Gasteiger partial charge in [0.1, 0.15) is 0 Å². The first-order chi connectivity index (χ1) is 41.7. The fourth-order valence-corrected chi connectivity index (χ4v) is 12.9. The molecule has 402 valence electrons. The SMILES string of the molecule is CC1(C)OB(c2cccc(-c3nc4ccccc4c4c5ccccc5c5ccccc5c34)c2)OC1(C)C.c1cc(-c2ncc(-c3cc4cccnc4c4ncccc34)cn2)cc(-c2nc3ccccc3c3c4ccccc4c4ccccc4c23)c1. The van der Waals surface area contributed by atoms with Crippen LogP contribution in [-0.4, -0.2) is 48.2 Å². The van der Waals surface area contributed by atoms with Gasteiger partial charge in [-0.3, -0.25) is 9.97 Å². The lowest BCUT2D eigenvalue weighted by molar-refractivity contribution is 0.00578. The smallest absolute Gasteiger partial charge is 0.399 e. The number of aromatic nitrogens is 6. The predicted octanol–water partition coefficient (Wildman–Crippen LogP) is 18.2. The van der Waals surface area contributed by atoms with E-state index in [0.29, 0.717) is 5.82 Å². The zero-order chi connectivity index (χ0) is 57.0. The number of hydrogen-bond donors (Lipinski definition) is 0. The number of hydrogen-bond acceptors (Lipinski definition) is 8. The van der Waals surface area contributed by atoms with Crippen LogP contribution in [0.2, 0.25) is 0 Å². The molecule has 0 spiro atoms. The van der Waals surface area contributed by atoms with Gasteiger partial charge < -0.3 is 9.31 Å². The molecule has 1 fully saturated rings. The normalized spacial score (nSPS) is 14.0. The van der Waals surface area contributed by atoms with E-state index in [-0.39, 0.29) is 0 Å². The van der Waals surface area contributed by atoms with Gasteiger partial charge in [-0.15, -0.1) is 0 Å². The summed E-state index contributed by atoms with van der Waals surface area (Å²) in [6, 6.07) is 78.8. The summed E-state index contributed by atoms with van der Waals surface area (Å²) < 4.78 is 12.8. The summed E-state index contributed by atoms with van der Waals surface area (Å²) >= 11 is 0. The minimum atomic E-state index is -0.422. The molecule has 0 amide bonds. The summed E-state index contributed by atoms with van der Waals surface area (Å²) in [6.07, 6.45) is 7.43. The van der Waals surface area contributed by atoms with Gasteiger partial charge >= 0.3 is 7.12 Å². The van der Waals surface area contributed by atoms with E-state index in [1.54, 1.807) is 0 Å². The summed E-state index contributed by atoms with van der Waals surface area (Å²) in [5.74, 6) is 0.658. The third kappa shape index (κ3) is 8.22. The molecule has 5 aromatic heterocycles. The Balaban J connectivity index is 0.000000143. The molecular formula is C76H53BN6O2. The summed E-state index contributed by atoms with van der Waals surface area (Å²) in [4.78, 5) is 29.6. The lowest BCUT2D eigenvalue weighted by Crippen LogP contribution is -2.41. The van der Waals surface area contributed by atoms with Crippen LogP contribution in [0.5, 0.6) is 0 Å². The van der Waals surface area contributed by atoms with Crippen molar-refractivity contribution in [1.29, 1.82) is 0 Å². The number of pyridine rings is 4. The molecule has 11 aromatic carbocycles. The molecule has 0 unspecified atom stereocenters. The molecule has 6 heterocycles. The number of rotatable bonds is 5. The third-order valence-corrected chi connectivity index (χ3v) is 17.7. The minimum Gasteiger partial charge on any atom is -0.399 e.